The molecule has 0 aliphatic carbocycles. The summed E-state index contributed by atoms with van der Waals surface area (Å²) in [6.07, 6.45) is 0. The Morgan fingerprint density at radius 1 is 1.40 bits per heavy atom. The van der Waals surface area contributed by atoms with Crippen LogP contribution in [0.25, 0.3) is 0 Å². The molecule has 0 aliphatic rings. The number of hydrogen-bond acceptors (Lipinski definition) is 5. The Morgan fingerprint density at radius 3 is 2.95 bits per heavy atom. The maximum absolute atomic E-state index is 13.4. The molecule has 20 heavy (non-hydrogen) atoms. The third kappa shape index (κ3) is 3.31. The third-order valence-corrected chi connectivity index (χ3v) is 2.42. The Morgan fingerprint density at radius 2 is 2.20 bits per heavy atom. The van der Waals surface area contributed by atoms with Gasteiger partial charge in [-0.3, -0.25) is 0 Å². The topological polar surface area (TPSA) is 64.4 Å². The first-order chi connectivity index (χ1) is 9.60. The summed E-state index contributed by atoms with van der Waals surface area (Å²) in [6.45, 7) is 1.97. The van der Waals surface area contributed by atoms with E-state index in [2.05, 4.69) is 10.5 Å². The van der Waals surface area contributed by atoms with Gasteiger partial charge in [-0.15, -0.1) is 0 Å². The van der Waals surface area contributed by atoms with E-state index in [1.165, 1.54) is 6.07 Å². The van der Waals surface area contributed by atoms with Gasteiger partial charge >= 0.3 is 5.97 Å². The third-order valence-electron chi connectivity index (χ3n) is 2.42. The molecule has 0 atom stereocenters. The van der Waals surface area contributed by atoms with Gasteiger partial charge in [0.25, 0.3) is 0 Å². The van der Waals surface area contributed by atoms with Crippen molar-refractivity contribution in [3.8, 4) is 0 Å². The first kappa shape index (κ1) is 14.0. The van der Waals surface area contributed by atoms with Crippen molar-refractivity contribution in [2.45, 2.75) is 13.5 Å². The van der Waals surface area contributed by atoms with Crippen molar-refractivity contribution >= 4 is 11.7 Å². The molecule has 0 aliphatic heterocycles. The summed E-state index contributed by atoms with van der Waals surface area (Å²) in [5.41, 5.74) is 0.0300. The summed E-state index contributed by atoms with van der Waals surface area (Å²) >= 11 is 0. The molecule has 106 valence electrons. The molecule has 1 N–H and O–H groups in total. The second-order valence-electron chi connectivity index (χ2n) is 3.88. The molecule has 0 amide bonds. The highest BCUT2D eigenvalue weighted by Crippen LogP contribution is 2.16. The predicted octanol–water partition coefficient (Wildman–Crippen LogP) is 2.74. The van der Waals surface area contributed by atoms with E-state index in [1.54, 1.807) is 6.92 Å². The lowest BCUT2D eigenvalue weighted by atomic mass is 10.3. The van der Waals surface area contributed by atoms with Crippen LogP contribution in [0, 0.1) is 11.6 Å². The molecule has 0 saturated heterocycles. The molecular formula is C13H12F2N2O3. The second kappa shape index (κ2) is 6.14. The molecule has 2 rings (SSSR count). The van der Waals surface area contributed by atoms with E-state index in [1.807, 2.05) is 0 Å². The van der Waals surface area contributed by atoms with Gasteiger partial charge in [-0.05, 0) is 25.1 Å². The molecule has 7 heteroatoms. The van der Waals surface area contributed by atoms with E-state index in [4.69, 9.17) is 9.26 Å². The van der Waals surface area contributed by atoms with E-state index in [0.29, 0.717) is 5.76 Å². The summed E-state index contributed by atoms with van der Waals surface area (Å²) in [6, 6.07) is 4.44. The number of hydrogen-bond donors (Lipinski definition) is 1. The van der Waals surface area contributed by atoms with Crippen molar-refractivity contribution in [1.82, 2.24) is 5.16 Å². The number of esters is 1. The summed E-state index contributed by atoms with van der Waals surface area (Å²) < 4.78 is 36.0. The Kier molecular flexibility index (Phi) is 4.29. The Balaban J connectivity index is 2.01. The van der Waals surface area contributed by atoms with Crippen LogP contribution in [-0.2, 0) is 11.3 Å². The van der Waals surface area contributed by atoms with E-state index < -0.39 is 17.6 Å². The average molecular weight is 282 g/mol. The van der Waals surface area contributed by atoms with Gasteiger partial charge in [0.1, 0.15) is 11.6 Å². The van der Waals surface area contributed by atoms with Gasteiger partial charge in [0, 0.05) is 6.07 Å². The minimum Gasteiger partial charge on any atom is -0.461 e. The fourth-order valence-corrected chi connectivity index (χ4v) is 1.51. The lowest BCUT2D eigenvalue weighted by Gasteiger charge is -2.04. The Labute approximate surface area is 113 Å². The van der Waals surface area contributed by atoms with Crippen molar-refractivity contribution in [3.05, 3.63) is 47.4 Å². The Hall–Kier alpha value is -2.44. The van der Waals surface area contributed by atoms with Gasteiger partial charge in [0.15, 0.2) is 11.5 Å². The molecule has 1 aromatic carbocycles. The van der Waals surface area contributed by atoms with Crippen LogP contribution in [0.4, 0.5) is 14.5 Å². The van der Waals surface area contributed by atoms with E-state index in [9.17, 15) is 13.6 Å². The summed E-state index contributed by atoms with van der Waals surface area (Å²) in [5, 5.41) is 6.18. The number of halogens is 2. The van der Waals surface area contributed by atoms with Crippen LogP contribution in [0.2, 0.25) is 0 Å². The first-order valence-electron chi connectivity index (χ1n) is 5.91. The molecule has 0 unspecified atom stereocenters. The lowest BCUT2D eigenvalue weighted by molar-refractivity contribution is 0.0514. The van der Waals surface area contributed by atoms with Crippen molar-refractivity contribution in [3.63, 3.8) is 0 Å². The van der Waals surface area contributed by atoms with Gasteiger partial charge in [-0.2, -0.15) is 0 Å². The highest BCUT2D eigenvalue weighted by Gasteiger charge is 2.13. The number of aromatic nitrogens is 1. The number of anilines is 1. The number of carbonyl (C=O) groups excluding carboxylic acids is 1. The molecule has 0 saturated carbocycles. The number of rotatable bonds is 5. The maximum Gasteiger partial charge on any atom is 0.360 e. The molecule has 1 aromatic heterocycles. The standard InChI is InChI=1S/C13H12F2N2O3/c1-2-19-13(18)12-6-9(20-17-12)7-16-11-5-8(14)3-4-10(11)15/h3-6,16H,2,7H2,1H3. The zero-order chi connectivity index (χ0) is 14.5. The number of benzene rings is 1. The normalized spacial score (nSPS) is 10.3. The number of carbonyl (C=O) groups is 1. The van der Waals surface area contributed by atoms with Gasteiger partial charge < -0.3 is 14.6 Å². The minimum absolute atomic E-state index is 0.000847. The molecule has 5 nitrogen and oxygen atoms in total. The number of nitrogens with zero attached hydrogens (tertiary/aromatic N) is 1. The van der Waals surface area contributed by atoms with Crippen LogP contribution >= 0.6 is 0 Å². The lowest BCUT2D eigenvalue weighted by Crippen LogP contribution is -2.04. The second-order valence-corrected chi connectivity index (χ2v) is 3.88. The molecule has 0 bridgehead atoms. The molecular weight excluding hydrogens is 270 g/mol. The molecule has 1 heterocycles. The molecule has 2 aromatic rings. The van der Waals surface area contributed by atoms with Crippen molar-refractivity contribution in [1.29, 1.82) is 0 Å². The largest absolute Gasteiger partial charge is 0.461 e. The zero-order valence-electron chi connectivity index (χ0n) is 10.7. The first-order valence-corrected chi connectivity index (χ1v) is 5.91. The SMILES string of the molecule is CCOC(=O)c1cc(CNc2cc(F)ccc2F)on1. The van der Waals surface area contributed by atoms with Crippen LogP contribution in [0.15, 0.2) is 28.8 Å². The quantitative estimate of drug-likeness (QED) is 0.854. The predicted molar refractivity (Wildman–Crippen MR) is 66.1 cm³/mol. The number of ether oxygens (including phenoxy) is 1. The van der Waals surface area contributed by atoms with Crippen LogP contribution in [0.5, 0.6) is 0 Å². The van der Waals surface area contributed by atoms with Gasteiger partial charge in [-0.1, -0.05) is 5.16 Å². The summed E-state index contributed by atoms with van der Waals surface area (Å²) in [4.78, 5) is 11.4. The maximum atomic E-state index is 13.4. The molecule has 0 spiro atoms. The van der Waals surface area contributed by atoms with Crippen molar-refractivity contribution < 1.29 is 22.8 Å². The van der Waals surface area contributed by atoms with Crippen molar-refractivity contribution in [2.75, 3.05) is 11.9 Å². The van der Waals surface area contributed by atoms with Crippen LogP contribution in [-0.4, -0.2) is 17.7 Å². The number of nitrogens with one attached hydrogen (secondary N) is 1. The van der Waals surface area contributed by atoms with E-state index in [-0.39, 0.29) is 24.5 Å². The van der Waals surface area contributed by atoms with E-state index >= 15 is 0 Å². The fraction of sp³-hybridized carbons (Fsp3) is 0.231. The summed E-state index contributed by atoms with van der Waals surface area (Å²) in [7, 11) is 0. The zero-order valence-corrected chi connectivity index (χ0v) is 10.7. The molecule has 0 radical (unpaired) electrons. The van der Waals surface area contributed by atoms with Crippen LogP contribution in [0.3, 0.4) is 0 Å². The van der Waals surface area contributed by atoms with Gasteiger partial charge in [-0.25, -0.2) is 13.6 Å². The van der Waals surface area contributed by atoms with Crippen molar-refractivity contribution in [2.24, 2.45) is 0 Å². The Bertz CT molecular complexity index is 613. The van der Waals surface area contributed by atoms with Crippen LogP contribution < -0.4 is 5.32 Å². The van der Waals surface area contributed by atoms with Gasteiger partial charge in [0.2, 0.25) is 0 Å². The molecule has 0 fully saturated rings. The van der Waals surface area contributed by atoms with Gasteiger partial charge in [0.05, 0.1) is 18.8 Å². The minimum atomic E-state index is -0.598. The fourth-order valence-electron chi connectivity index (χ4n) is 1.51. The summed E-state index contributed by atoms with van der Waals surface area (Å²) in [5.74, 6) is -1.44. The van der Waals surface area contributed by atoms with E-state index in [0.717, 1.165) is 18.2 Å². The van der Waals surface area contributed by atoms with Crippen LogP contribution in [0.1, 0.15) is 23.2 Å². The monoisotopic (exact) mass is 282 g/mol. The highest BCUT2D eigenvalue weighted by atomic mass is 19.1. The average Bonchev–Trinajstić information content (AvgIpc) is 2.89. The smallest absolute Gasteiger partial charge is 0.360 e. The highest BCUT2D eigenvalue weighted by molar-refractivity contribution is 5.87.